The zero-order valence-electron chi connectivity index (χ0n) is 21.4. The number of fused-ring (bicyclic) bond motifs is 1. The van der Waals surface area contributed by atoms with E-state index >= 15 is 0 Å². The standard InChI is InChI=1S/C28H32N6O4/c1-20-18-22(6-9-24(20)28(36)31-12-17-37-16-10-29)33-26-27-32-19-25(34(27)13-11-30-26)21-4-7-23(8-5-21)38-15-3-2-14-35/h4-9,18-19,35H,10-17,29H2,1H3,(H,30,33)(H,31,36). The number of rotatable bonds is 10. The molecule has 0 saturated carbocycles. The zero-order chi connectivity index (χ0) is 26.7. The number of aliphatic hydroxyl groups is 1. The van der Waals surface area contributed by atoms with Crippen LogP contribution in [0.25, 0.3) is 11.3 Å². The number of nitrogens with zero attached hydrogens (tertiary/aromatic N) is 3. The van der Waals surface area contributed by atoms with Crippen molar-refractivity contribution in [2.45, 2.75) is 13.5 Å². The number of nitrogens with one attached hydrogen (secondary N) is 2. The summed E-state index contributed by atoms with van der Waals surface area (Å²) in [5.74, 6) is 7.28. The van der Waals surface area contributed by atoms with Crippen LogP contribution in [0.3, 0.4) is 0 Å². The molecule has 1 amide bonds. The molecule has 2 heterocycles. The smallest absolute Gasteiger partial charge is 0.251 e. The Hall–Kier alpha value is -4.17. The number of aliphatic hydroxyl groups excluding tert-OH is 1. The van der Waals surface area contributed by atoms with Gasteiger partial charge in [-0.05, 0) is 55.0 Å². The number of imidazole rings is 1. The molecule has 1 aliphatic heterocycles. The second-order valence-corrected chi connectivity index (χ2v) is 8.49. The number of nitrogens with two attached hydrogens (primary N) is 1. The highest BCUT2D eigenvalue weighted by molar-refractivity contribution is 6.07. The van der Waals surface area contributed by atoms with E-state index in [1.807, 2.05) is 49.5 Å². The Morgan fingerprint density at radius 3 is 2.79 bits per heavy atom. The molecular formula is C28H32N6O4. The Morgan fingerprint density at radius 2 is 2.03 bits per heavy atom. The van der Waals surface area contributed by atoms with Gasteiger partial charge in [0.2, 0.25) is 0 Å². The second kappa shape index (κ2) is 13.4. The molecular weight excluding hydrogens is 484 g/mol. The van der Waals surface area contributed by atoms with E-state index < -0.39 is 0 Å². The van der Waals surface area contributed by atoms with Gasteiger partial charge in [-0.1, -0.05) is 11.8 Å². The Kier molecular flexibility index (Phi) is 9.48. The van der Waals surface area contributed by atoms with E-state index in [0.717, 1.165) is 34.9 Å². The summed E-state index contributed by atoms with van der Waals surface area (Å²) in [6.45, 7) is 5.08. The van der Waals surface area contributed by atoms with Gasteiger partial charge in [0.15, 0.2) is 11.7 Å². The number of amides is 1. The maximum atomic E-state index is 12.5. The lowest BCUT2D eigenvalue weighted by Crippen LogP contribution is -2.28. The molecule has 0 radical (unpaired) electrons. The summed E-state index contributed by atoms with van der Waals surface area (Å²) in [5, 5.41) is 15.0. The van der Waals surface area contributed by atoms with E-state index in [9.17, 15) is 4.79 Å². The van der Waals surface area contributed by atoms with Crippen LogP contribution in [-0.4, -0.2) is 72.5 Å². The molecule has 38 heavy (non-hydrogen) atoms. The van der Waals surface area contributed by atoms with Crippen molar-refractivity contribution in [1.29, 1.82) is 0 Å². The molecule has 1 aliphatic rings. The fraction of sp³-hybridized carbons (Fsp3) is 0.321. The molecule has 2 aromatic carbocycles. The Balaban J connectivity index is 1.41. The van der Waals surface area contributed by atoms with Crippen molar-refractivity contribution in [3.05, 3.63) is 65.6 Å². The van der Waals surface area contributed by atoms with Crippen LogP contribution >= 0.6 is 0 Å². The minimum absolute atomic E-state index is 0.143. The molecule has 0 unspecified atom stereocenters. The van der Waals surface area contributed by atoms with Crippen LogP contribution in [0.5, 0.6) is 5.75 Å². The van der Waals surface area contributed by atoms with Gasteiger partial charge >= 0.3 is 0 Å². The van der Waals surface area contributed by atoms with Gasteiger partial charge in [0.25, 0.3) is 5.91 Å². The van der Waals surface area contributed by atoms with Crippen LogP contribution in [0.2, 0.25) is 0 Å². The summed E-state index contributed by atoms with van der Waals surface area (Å²) in [7, 11) is 0. The molecule has 0 atom stereocenters. The van der Waals surface area contributed by atoms with E-state index in [1.54, 1.807) is 6.07 Å². The zero-order valence-corrected chi connectivity index (χ0v) is 21.4. The lowest BCUT2D eigenvalue weighted by Gasteiger charge is -2.19. The number of aromatic nitrogens is 2. The van der Waals surface area contributed by atoms with Crippen LogP contribution in [0.4, 0.5) is 5.69 Å². The monoisotopic (exact) mass is 516 g/mol. The fourth-order valence-corrected chi connectivity index (χ4v) is 4.05. The van der Waals surface area contributed by atoms with Crippen molar-refractivity contribution in [2.75, 3.05) is 51.4 Å². The summed E-state index contributed by atoms with van der Waals surface area (Å²) in [4.78, 5) is 21.8. The molecule has 198 valence electrons. The highest BCUT2D eigenvalue weighted by Gasteiger charge is 2.20. The van der Waals surface area contributed by atoms with Gasteiger partial charge in [-0.2, -0.15) is 0 Å². The van der Waals surface area contributed by atoms with Crippen molar-refractivity contribution in [3.63, 3.8) is 0 Å². The van der Waals surface area contributed by atoms with Crippen LogP contribution < -0.4 is 21.1 Å². The molecule has 0 bridgehead atoms. The molecule has 1 aromatic heterocycles. The normalized spacial score (nSPS) is 12.1. The summed E-state index contributed by atoms with van der Waals surface area (Å²) in [6, 6.07) is 13.3. The van der Waals surface area contributed by atoms with Gasteiger partial charge in [0.05, 0.1) is 31.6 Å². The number of ether oxygens (including phenoxy) is 2. The van der Waals surface area contributed by atoms with E-state index in [-0.39, 0.29) is 19.1 Å². The average Bonchev–Trinajstić information content (AvgIpc) is 3.37. The number of hydrogen-bond acceptors (Lipinski definition) is 8. The Bertz CT molecular complexity index is 1340. The summed E-state index contributed by atoms with van der Waals surface area (Å²) in [6.07, 6.45) is 1.84. The first-order chi connectivity index (χ1) is 18.6. The summed E-state index contributed by atoms with van der Waals surface area (Å²) < 4.78 is 13.0. The third kappa shape index (κ3) is 6.77. The van der Waals surface area contributed by atoms with Crippen LogP contribution in [-0.2, 0) is 11.3 Å². The average molecular weight is 517 g/mol. The summed E-state index contributed by atoms with van der Waals surface area (Å²) in [5.41, 5.74) is 9.68. The quantitative estimate of drug-likeness (QED) is 0.238. The minimum Gasteiger partial charge on any atom is -0.481 e. The predicted octanol–water partition coefficient (Wildman–Crippen LogP) is 1.81. The Labute approximate surface area is 221 Å². The molecule has 10 heteroatoms. The van der Waals surface area contributed by atoms with Crippen molar-refractivity contribution >= 4 is 17.4 Å². The molecule has 0 saturated heterocycles. The minimum atomic E-state index is -0.177. The number of carbonyl (C=O) groups is 1. The largest absolute Gasteiger partial charge is 0.481 e. The van der Waals surface area contributed by atoms with E-state index in [4.69, 9.17) is 20.3 Å². The Morgan fingerprint density at radius 1 is 1.18 bits per heavy atom. The SMILES string of the molecule is Cc1cc(NC2=NCCn3c(-c4ccc(OCC#CCO)cc4)cnc32)ccc1C(=O)NCCOCCN. The molecule has 0 aliphatic carbocycles. The number of aryl methyl sites for hydroxylation is 1. The van der Waals surface area contributed by atoms with Crippen molar-refractivity contribution in [3.8, 4) is 28.8 Å². The maximum Gasteiger partial charge on any atom is 0.251 e. The first-order valence-electron chi connectivity index (χ1n) is 12.4. The van der Waals surface area contributed by atoms with Crippen LogP contribution in [0, 0.1) is 18.8 Å². The molecule has 4 rings (SSSR count). The molecule has 10 nitrogen and oxygen atoms in total. The number of carbonyl (C=O) groups excluding carboxylic acids is 1. The van der Waals surface area contributed by atoms with E-state index in [1.165, 1.54) is 0 Å². The number of aliphatic imine (C=N–C) groups is 1. The predicted molar refractivity (Wildman–Crippen MR) is 146 cm³/mol. The molecule has 0 spiro atoms. The molecule has 0 fully saturated rings. The lowest BCUT2D eigenvalue weighted by atomic mass is 10.1. The van der Waals surface area contributed by atoms with Crippen LogP contribution in [0.1, 0.15) is 21.7 Å². The topological polar surface area (TPSA) is 136 Å². The van der Waals surface area contributed by atoms with Crippen molar-refractivity contribution < 1.29 is 19.4 Å². The second-order valence-electron chi connectivity index (χ2n) is 8.49. The summed E-state index contributed by atoms with van der Waals surface area (Å²) >= 11 is 0. The van der Waals surface area contributed by atoms with Crippen LogP contribution in [0.15, 0.2) is 53.7 Å². The third-order valence-electron chi connectivity index (χ3n) is 5.85. The number of hydrogen-bond donors (Lipinski definition) is 4. The number of anilines is 1. The highest BCUT2D eigenvalue weighted by Crippen LogP contribution is 2.26. The number of amidine groups is 1. The fourth-order valence-electron chi connectivity index (χ4n) is 4.05. The first-order valence-corrected chi connectivity index (χ1v) is 12.4. The van der Waals surface area contributed by atoms with Gasteiger partial charge in [0, 0.05) is 36.4 Å². The van der Waals surface area contributed by atoms with Crippen molar-refractivity contribution in [2.24, 2.45) is 10.7 Å². The molecule has 5 N–H and O–H groups in total. The van der Waals surface area contributed by atoms with Gasteiger partial charge in [-0.15, -0.1) is 0 Å². The first kappa shape index (κ1) is 26.9. The lowest BCUT2D eigenvalue weighted by molar-refractivity contribution is 0.0919. The van der Waals surface area contributed by atoms with E-state index in [0.29, 0.717) is 50.0 Å². The van der Waals surface area contributed by atoms with Gasteiger partial charge in [-0.25, -0.2) is 4.98 Å². The highest BCUT2D eigenvalue weighted by atomic mass is 16.5. The maximum absolute atomic E-state index is 12.5. The number of benzene rings is 2. The van der Waals surface area contributed by atoms with Gasteiger partial charge < -0.3 is 35.5 Å². The van der Waals surface area contributed by atoms with E-state index in [2.05, 4.69) is 37.0 Å². The molecule has 3 aromatic rings. The third-order valence-corrected chi connectivity index (χ3v) is 5.85. The van der Waals surface area contributed by atoms with Crippen molar-refractivity contribution in [1.82, 2.24) is 14.9 Å². The van der Waals surface area contributed by atoms with Gasteiger partial charge in [0.1, 0.15) is 19.0 Å². The van der Waals surface area contributed by atoms with Gasteiger partial charge in [-0.3, -0.25) is 9.79 Å².